The molecule has 1 saturated heterocycles. The van der Waals surface area contributed by atoms with Crippen LogP contribution in [0, 0.1) is 28.1 Å². The number of ether oxygens (including phenoxy) is 2. The lowest BCUT2D eigenvalue weighted by Gasteiger charge is -2.58. The summed E-state index contributed by atoms with van der Waals surface area (Å²) in [5, 5.41) is 39.9. The summed E-state index contributed by atoms with van der Waals surface area (Å²) >= 11 is 0. The molecule has 3 aliphatic carbocycles. The van der Waals surface area contributed by atoms with E-state index >= 15 is 0 Å². The number of hydrogen-bond acceptors (Lipinski definition) is 8. The minimum Gasteiger partial charge on any atom is -0.394 e. The van der Waals surface area contributed by atoms with E-state index in [2.05, 4.69) is 26.5 Å². The highest BCUT2D eigenvalue weighted by atomic mass is 16.7. The van der Waals surface area contributed by atoms with E-state index in [1.807, 2.05) is 13.0 Å². The minimum absolute atomic E-state index is 0.00605. The molecule has 10 atom stereocenters. The van der Waals surface area contributed by atoms with Crippen molar-refractivity contribution in [3.05, 3.63) is 24.3 Å². The number of carbonyl (C=O) groups is 2. The third-order valence-electron chi connectivity index (χ3n) is 9.29. The topological polar surface area (TPSA) is 134 Å². The van der Waals surface area contributed by atoms with Crippen LogP contribution in [0.15, 0.2) is 24.3 Å². The minimum atomic E-state index is -1.55. The highest BCUT2D eigenvalue weighted by Gasteiger charge is 2.61. The first-order valence-electron chi connectivity index (χ1n) is 12.2. The quantitative estimate of drug-likeness (QED) is 0.435. The molecule has 2 saturated carbocycles. The molecule has 1 aliphatic heterocycles. The molecule has 0 aromatic heterocycles. The zero-order valence-electron chi connectivity index (χ0n) is 20.3. The maximum Gasteiger partial charge on any atom is 0.186 e. The van der Waals surface area contributed by atoms with Crippen LogP contribution in [0.3, 0.4) is 0 Å². The highest BCUT2D eigenvalue weighted by molar-refractivity contribution is 5.99. The molecule has 1 heterocycles. The zero-order valence-corrected chi connectivity index (χ0v) is 20.3. The predicted molar refractivity (Wildman–Crippen MR) is 122 cm³/mol. The fraction of sp³-hybridized carbons (Fsp3) is 0.769. The first kappa shape index (κ1) is 25.7. The van der Waals surface area contributed by atoms with E-state index in [4.69, 9.17) is 9.47 Å². The third-order valence-corrected chi connectivity index (χ3v) is 9.29. The van der Waals surface area contributed by atoms with Crippen LogP contribution in [0.4, 0.5) is 0 Å². The van der Waals surface area contributed by atoms with Gasteiger partial charge in [0.25, 0.3) is 0 Å². The summed E-state index contributed by atoms with van der Waals surface area (Å²) in [6, 6.07) is 0. The van der Waals surface area contributed by atoms with Crippen LogP contribution in [0.2, 0.25) is 0 Å². The molecule has 4 aliphatic rings. The van der Waals surface area contributed by atoms with Gasteiger partial charge in [0.05, 0.1) is 18.6 Å². The molecule has 10 unspecified atom stereocenters. The lowest BCUT2D eigenvalue weighted by molar-refractivity contribution is -0.307. The normalized spacial score (nSPS) is 49.1. The van der Waals surface area contributed by atoms with Crippen LogP contribution >= 0.6 is 0 Å². The zero-order chi connectivity index (χ0) is 25.1. The van der Waals surface area contributed by atoms with E-state index in [1.165, 1.54) is 0 Å². The van der Waals surface area contributed by atoms with E-state index in [1.54, 1.807) is 0 Å². The van der Waals surface area contributed by atoms with Crippen molar-refractivity contribution in [1.82, 2.24) is 0 Å². The van der Waals surface area contributed by atoms with Crippen molar-refractivity contribution in [2.75, 3.05) is 13.2 Å². The number of aliphatic hydroxyl groups excluding tert-OH is 4. The van der Waals surface area contributed by atoms with Crippen molar-refractivity contribution in [2.45, 2.75) is 83.6 Å². The van der Waals surface area contributed by atoms with E-state index in [0.29, 0.717) is 12.8 Å². The van der Waals surface area contributed by atoms with Gasteiger partial charge in [-0.15, -0.1) is 6.58 Å². The molecule has 0 spiro atoms. The van der Waals surface area contributed by atoms with Gasteiger partial charge in [-0.2, -0.15) is 0 Å². The number of Topliss-reactive ketones (excluding diaryl/α,β-unsaturated/α-hetero) is 2. The Hall–Kier alpha value is -1.42. The summed E-state index contributed by atoms with van der Waals surface area (Å²) in [5.74, 6) is -0.110. The molecule has 8 nitrogen and oxygen atoms in total. The Bertz CT molecular complexity index is 882. The number of fused-ring (bicyclic) bond motifs is 3. The van der Waals surface area contributed by atoms with Crippen LogP contribution in [-0.4, -0.2) is 75.9 Å². The molecular formula is C26H38O8. The maximum absolute atomic E-state index is 13.3. The maximum atomic E-state index is 13.3. The molecule has 8 heteroatoms. The Balaban J connectivity index is 1.59. The third kappa shape index (κ3) is 3.92. The van der Waals surface area contributed by atoms with Gasteiger partial charge in [0.15, 0.2) is 12.1 Å². The Morgan fingerprint density at radius 3 is 2.50 bits per heavy atom. The van der Waals surface area contributed by atoms with Gasteiger partial charge in [0.1, 0.15) is 30.2 Å². The van der Waals surface area contributed by atoms with Crippen molar-refractivity contribution in [1.29, 1.82) is 0 Å². The summed E-state index contributed by atoms with van der Waals surface area (Å²) in [4.78, 5) is 26.6. The average molecular weight is 479 g/mol. The van der Waals surface area contributed by atoms with Crippen molar-refractivity contribution < 1.29 is 39.5 Å². The van der Waals surface area contributed by atoms with Gasteiger partial charge >= 0.3 is 0 Å². The molecule has 190 valence electrons. The summed E-state index contributed by atoms with van der Waals surface area (Å²) in [7, 11) is 0. The van der Waals surface area contributed by atoms with Crippen molar-refractivity contribution >= 4 is 11.6 Å². The number of ketones is 2. The van der Waals surface area contributed by atoms with E-state index in [-0.39, 0.29) is 47.3 Å². The van der Waals surface area contributed by atoms with Crippen molar-refractivity contribution in [2.24, 2.45) is 28.1 Å². The van der Waals surface area contributed by atoms with Crippen molar-refractivity contribution in [3.8, 4) is 0 Å². The second-order valence-electron chi connectivity index (χ2n) is 11.4. The largest absolute Gasteiger partial charge is 0.394 e. The molecule has 0 bridgehead atoms. The lowest BCUT2D eigenvalue weighted by atomic mass is 9.45. The molecule has 34 heavy (non-hydrogen) atoms. The summed E-state index contributed by atoms with van der Waals surface area (Å²) in [6.45, 7) is 9.38. The SMILES string of the molecule is C=CC1(C)C=C2C(=O)CC3C(C)(COC4OC(CO)C(O)C(O)C4O)C(=O)CCC3(C)C2CC1. The van der Waals surface area contributed by atoms with Crippen LogP contribution in [-0.2, 0) is 19.1 Å². The molecule has 0 aromatic rings. The fourth-order valence-corrected chi connectivity index (χ4v) is 6.84. The average Bonchev–Trinajstić information content (AvgIpc) is 2.82. The Morgan fingerprint density at radius 2 is 1.85 bits per heavy atom. The van der Waals surface area contributed by atoms with E-state index in [0.717, 1.165) is 18.4 Å². The van der Waals surface area contributed by atoms with E-state index < -0.39 is 42.7 Å². The van der Waals surface area contributed by atoms with Crippen LogP contribution in [0.25, 0.3) is 0 Å². The summed E-state index contributed by atoms with van der Waals surface area (Å²) < 4.78 is 11.3. The van der Waals surface area contributed by atoms with Gasteiger partial charge in [-0.3, -0.25) is 9.59 Å². The molecule has 3 fully saturated rings. The van der Waals surface area contributed by atoms with Gasteiger partial charge in [0.2, 0.25) is 0 Å². The summed E-state index contributed by atoms with van der Waals surface area (Å²) in [6.07, 6.45) is 0.0689. The molecule has 4 rings (SSSR count). The Labute approximate surface area is 200 Å². The highest BCUT2D eigenvalue weighted by Crippen LogP contribution is 2.62. The predicted octanol–water partition coefficient (Wildman–Crippen LogP) is 1.30. The number of allylic oxidation sites excluding steroid dienone is 3. The van der Waals surface area contributed by atoms with Gasteiger partial charge in [-0.25, -0.2) is 0 Å². The number of carbonyl (C=O) groups excluding carboxylic acids is 2. The molecule has 0 amide bonds. The van der Waals surface area contributed by atoms with Gasteiger partial charge in [-0.1, -0.05) is 32.9 Å². The van der Waals surface area contributed by atoms with E-state index in [9.17, 15) is 30.0 Å². The molecule has 4 N–H and O–H groups in total. The monoisotopic (exact) mass is 478 g/mol. The van der Waals surface area contributed by atoms with Crippen LogP contribution in [0.5, 0.6) is 0 Å². The second kappa shape index (κ2) is 8.91. The summed E-state index contributed by atoms with van der Waals surface area (Å²) in [5.41, 5.74) is -0.584. The van der Waals surface area contributed by atoms with Gasteiger partial charge in [-0.05, 0) is 42.1 Å². The van der Waals surface area contributed by atoms with Gasteiger partial charge in [0, 0.05) is 18.3 Å². The molecular weight excluding hydrogens is 440 g/mol. The number of aliphatic hydroxyl groups is 4. The number of rotatable bonds is 5. The first-order valence-corrected chi connectivity index (χ1v) is 12.2. The molecule has 0 aromatic carbocycles. The number of hydrogen-bond donors (Lipinski definition) is 4. The smallest absolute Gasteiger partial charge is 0.186 e. The Kier molecular flexibility index (Phi) is 6.72. The second-order valence-corrected chi connectivity index (χ2v) is 11.4. The standard InChI is InChI=1S/C26H38O8/c1-5-24(2)8-6-15-14(11-24)16(28)10-18-25(15,3)9-7-19(29)26(18,4)13-33-23-22(32)21(31)20(30)17(12-27)34-23/h5,11,15,17-18,20-23,27,30-32H,1,6-10,12-13H2,2-4H3. The lowest BCUT2D eigenvalue weighted by Crippen LogP contribution is -2.61. The van der Waals surface area contributed by atoms with Crippen LogP contribution < -0.4 is 0 Å². The molecule has 0 radical (unpaired) electrons. The Morgan fingerprint density at radius 1 is 1.15 bits per heavy atom. The first-order chi connectivity index (χ1) is 15.9. The fourth-order valence-electron chi connectivity index (χ4n) is 6.84. The van der Waals surface area contributed by atoms with Gasteiger partial charge < -0.3 is 29.9 Å². The van der Waals surface area contributed by atoms with Crippen molar-refractivity contribution in [3.63, 3.8) is 0 Å². The van der Waals surface area contributed by atoms with Crippen LogP contribution in [0.1, 0.15) is 52.9 Å².